The minimum absolute atomic E-state index is 0.0500. The van der Waals surface area contributed by atoms with Gasteiger partial charge in [-0.2, -0.15) is 0 Å². The number of nitrogens with one attached hydrogen (secondary N) is 1. The Labute approximate surface area is 120 Å². The normalized spacial score (nSPS) is 12.0. The van der Waals surface area contributed by atoms with Gasteiger partial charge in [0.25, 0.3) is 5.69 Å². The molecule has 1 atom stereocenters. The number of hydrogen-bond donors (Lipinski definition) is 2. The van der Waals surface area contributed by atoms with E-state index in [-0.39, 0.29) is 5.69 Å². The highest BCUT2D eigenvalue weighted by molar-refractivity contribution is 5.97. The average molecular weight is 289 g/mol. The highest BCUT2D eigenvalue weighted by Gasteiger charge is 2.20. The SMILES string of the molecule is CCCC(Nc1ccc([N+](=O)[O-])c2cccnc12)C(=O)O. The molecule has 0 aliphatic carbocycles. The molecule has 1 heterocycles. The van der Waals surface area contributed by atoms with E-state index in [0.717, 1.165) is 0 Å². The van der Waals surface area contributed by atoms with Crippen LogP contribution >= 0.6 is 0 Å². The van der Waals surface area contributed by atoms with Crippen molar-refractivity contribution in [2.45, 2.75) is 25.8 Å². The molecule has 110 valence electrons. The number of carboxylic acid groups (broad SMARTS) is 1. The van der Waals surface area contributed by atoms with Crippen molar-refractivity contribution in [2.75, 3.05) is 5.32 Å². The van der Waals surface area contributed by atoms with Crippen molar-refractivity contribution >= 4 is 28.2 Å². The zero-order chi connectivity index (χ0) is 15.4. The number of carboxylic acids is 1. The van der Waals surface area contributed by atoms with Crippen LogP contribution in [0.1, 0.15) is 19.8 Å². The lowest BCUT2D eigenvalue weighted by Crippen LogP contribution is -2.29. The lowest BCUT2D eigenvalue weighted by molar-refractivity contribution is -0.383. The van der Waals surface area contributed by atoms with Gasteiger partial charge in [0.05, 0.1) is 16.0 Å². The largest absolute Gasteiger partial charge is 0.480 e. The Morgan fingerprint density at radius 2 is 2.24 bits per heavy atom. The summed E-state index contributed by atoms with van der Waals surface area (Å²) in [4.78, 5) is 25.9. The number of nitro groups is 1. The van der Waals surface area contributed by atoms with Gasteiger partial charge in [-0.05, 0) is 24.6 Å². The lowest BCUT2D eigenvalue weighted by atomic mass is 10.1. The summed E-state index contributed by atoms with van der Waals surface area (Å²) < 4.78 is 0. The molecule has 1 aromatic carbocycles. The minimum atomic E-state index is -0.959. The Kier molecular flexibility index (Phi) is 4.32. The summed E-state index contributed by atoms with van der Waals surface area (Å²) in [5.41, 5.74) is 0.831. The predicted octanol–water partition coefficient (Wildman–Crippen LogP) is 2.81. The molecule has 7 heteroatoms. The van der Waals surface area contributed by atoms with E-state index in [1.165, 1.54) is 18.3 Å². The number of rotatable bonds is 6. The van der Waals surface area contributed by atoms with Crippen molar-refractivity contribution < 1.29 is 14.8 Å². The third-order valence-corrected chi connectivity index (χ3v) is 3.15. The molecule has 1 unspecified atom stereocenters. The molecule has 2 N–H and O–H groups in total. The molecule has 0 amide bonds. The molecule has 2 aromatic rings. The quantitative estimate of drug-likeness (QED) is 0.625. The fourth-order valence-electron chi connectivity index (χ4n) is 2.17. The first-order valence-corrected chi connectivity index (χ1v) is 6.56. The summed E-state index contributed by atoms with van der Waals surface area (Å²) in [6.07, 6.45) is 2.69. The molecule has 0 fully saturated rings. The third-order valence-electron chi connectivity index (χ3n) is 3.15. The topological polar surface area (TPSA) is 105 Å². The highest BCUT2D eigenvalue weighted by atomic mass is 16.6. The van der Waals surface area contributed by atoms with Crippen LogP contribution in [-0.2, 0) is 4.79 Å². The number of non-ortho nitro benzene ring substituents is 1. The number of anilines is 1. The molecule has 0 aliphatic rings. The van der Waals surface area contributed by atoms with E-state index in [4.69, 9.17) is 0 Å². The number of hydrogen-bond acceptors (Lipinski definition) is 5. The Bertz CT molecular complexity index is 687. The van der Waals surface area contributed by atoms with Gasteiger partial charge < -0.3 is 10.4 Å². The van der Waals surface area contributed by atoms with E-state index in [1.807, 2.05) is 6.92 Å². The number of carbonyl (C=O) groups is 1. The van der Waals surface area contributed by atoms with Crippen LogP contribution in [0.25, 0.3) is 10.9 Å². The molecule has 0 aliphatic heterocycles. The number of benzene rings is 1. The van der Waals surface area contributed by atoms with Crippen LogP contribution in [0.5, 0.6) is 0 Å². The second-order valence-corrected chi connectivity index (χ2v) is 4.61. The minimum Gasteiger partial charge on any atom is -0.480 e. The van der Waals surface area contributed by atoms with Crippen molar-refractivity contribution in [2.24, 2.45) is 0 Å². The molecule has 1 aromatic heterocycles. The van der Waals surface area contributed by atoms with Crippen LogP contribution < -0.4 is 5.32 Å². The number of nitro benzene ring substituents is 1. The van der Waals surface area contributed by atoms with Crippen molar-refractivity contribution in [3.63, 3.8) is 0 Å². The predicted molar refractivity (Wildman–Crippen MR) is 78.4 cm³/mol. The zero-order valence-electron chi connectivity index (χ0n) is 11.4. The van der Waals surface area contributed by atoms with Gasteiger partial charge in [0.15, 0.2) is 0 Å². The molecule has 21 heavy (non-hydrogen) atoms. The molecule has 2 rings (SSSR count). The molecule has 0 radical (unpaired) electrons. The van der Waals surface area contributed by atoms with E-state index in [9.17, 15) is 20.0 Å². The summed E-state index contributed by atoms with van der Waals surface area (Å²) in [5.74, 6) is -0.959. The number of aromatic nitrogens is 1. The second kappa shape index (κ2) is 6.17. The Balaban J connectivity index is 2.48. The van der Waals surface area contributed by atoms with Gasteiger partial charge in [-0.25, -0.2) is 4.79 Å². The fraction of sp³-hybridized carbons (Fsp3) is 0.286. The monoisotopic (exact) mass is 289 g/mol. The summed E-state index contributed by atoms with van der Waals surface area (Å²) in [6.45, 7) is 1.89. The van der Waals surface area contributed by atoms with E-state index >= 15 is 0 Å². The summed E-state index contributed by atoms with van der Waals surface area (Å²) in [6, 6.07) is 5.32. The number of aliphatic carboxylic acids is 1. The number of pyridine rings is 1. The van der Waals surface area contributed by atoms with Crippen molar-refractivity contribution in [3.8, 4) is 0 Å². The van der Waals surface area contributed by atoms with Crippen molar-refractivity contribution in [3.05, 3.63) is 40.6 Å². The molecule has 0 saturated heterocycles. The maximum atomic E-state index is 11.2. The average Bonchev–Trinajstić information content (AvgIpc) is 2.46. The van der Waals surface area contributed by atoms with E-state index in [1.54, 1.807) is 12.1 Å². The molecular weight excluding hydrogens is 274 g/mol. The van der Waals surface area contributed by atoms with Crippen LogP contribution in [0.4, 0.5) is 11.4 Å². The molecule has 0 bridgehead atoms. The smallest absolute Gasteiger partial charge is 0.326 e. The van der Waals surface area contributed by atoms with Crippen LogP contribution in [0.3, 0.4) is 0 Å². The Morgan fingerprint density at radius 1 is 1.48 bits per heavy atom. The number of fused-ring (bicyclic) bond motifs is 1. The van der Waals surface area contributed by atoms with Gasteiger partial charge in [-0.1, -0.05) is 13.3 Å². The van der Waals surface area contributed by atoms with E-state index < -0.39 is 16.9 Å². The Morgan fingerprint density at radius 3 is 2.86 bits per heavy atom. The molecule has 0 spiro atoms. The van der Waals surface area contributed by atoms with Gasteiger partial charge in [0.2, 0.25) is 0 Å². The fourth-order valence-corrected chi connectivity index (χ4v) is 2.17. The summed E-state index contributed by atoms with van der Waals surface area (Å²) in [5, 5.41) is 23.5. The van der Waals surface area contributed by atoms with Crippen LogP contribution in [0, 0.1) is 10.1 Å². The Hall–Kier alpha value is -2.70. The van der Waals surface area contributed by atoms with E-state index in [0.29, 0.717) is 29.4 Å². The third kappa shape index (κ3) is 3.07. The zero-order valence-corrected chi connectivity index (χ0v) is 11.4. The first kappa shape index (κ1) is 14.7. The lowest BCUT2D eigenvalue weighted by Gasteiger charge is -2.16. The maximum absolute atomic E-state index is 11.2. The van der Waals surface area contributed by atoms with Gasteiger partial charge in [-0.3, -0.25) is 15.1 Å². The molecule has 0 saturated carbocycles. The first-order valence-electron chi connectivity index (χ1n) is 6.56. The van der Waals surface area contributed by atoms with Gasteiger partial charge in [-0.15, -0.1) is 0 Å². The van der Waals surface area contributed by atoms with Crippen molar-refractivity contribution in [1.82, 2.24) is 4.98 Å². The van der Waals surface area contributed by atoms with Crippen LogP contribution in [0.15, 0.2) is 30.5 Å². The van der Waals surface area contributed by atoms with Crippen molar-refractivity contribution in [1.29, 1.82) is 0 Å². The van der Waals surface area contributed by atoms with Crippen LogP contribution in [-0.4, -0.2) is 27.0 Å². The molecule has 7 nitrogen and oxygen atoms in total. The maximum Gasteiger partial charge on any atom is 0.326 e. The summed E-state index contributed by atoms with van der Waals surface area (Å²) >= 11 is 0. The first-order chi connectivity index (χ1) is 10.0. The standard InChI is InChI=1S/C14H15N3O4/c1-2-4-11(14(18)19)16-10-6-7-12(17(20)21)9-5-3-8-15-13(9)10/h3,5-8,11,16H,2,4H2,1H3,(H,18,19). The summed E-state index contributed by atoms with van der Waals surface area (Å²) in [7, 11) is 0. The second-order valence-electron chi connectivity index (χ2n) is 4.61. The van der Waals surface area contributed by atoms with Gasteiger partial charge in [0.1, 0.15) is 11.6 Å². The van der Waals surface area contributed by atoms with E-state index in [2.05, 4.69) is 10.3 Å². The van der Waals surface area contributed by atoms with Gasteiger partial charge >= 0.3 is 5.97 Å². The highest BCUT2D eigenvalue weighted by Crippen LogP contribution is 2.30. The van der Waals surface area contributed by atoms with Crippen LogP contribution in [0.2, 0.25) is 0 Å². The van der Waals surface area contributed by atoms with Gasteiger partial charge in [0, 0.05) is 12.3 Å². The number of nitrogens with zero attached hydrogens (tertiary/aromatic N) is 2. The molecular formula is C14H15N3O4.